The fourth-order valence-corrected chi connectivity index (χ4v) is 6.23. The van der Waals surface area contributed by atoms with E-state index in [-0.39, 0.29) is 72.4 Å². The molecule has 2 aliphatic heterocycles. The van der Waals surface area contributed by atoms with Crippen molar-refractivity contribution in [3.63, 3.8) is 0 Å². The van der Waals surface area contributed by atoms with Gasteiger partial charge in [-0.25, -0.2) is 0 Å². The van der Waals surface area contributed by atoms with Gasteiger partial charge in [-0.1, -0.05) is 6.07 Å². The molecule has 1 saturated heterocycles. The fraction of sp³-hybridized carbons (Fsp3) is 0.667. The van der Waals surface area contributed by atoms with Crippen LogP contribution in [0.4, 0.5) is 0 Å². The molecule has 0 amide bonds. The number of hydrogen-bond acceptors (Lipinski definition) is 4. The lowest BCUT2D eigenvalue weighted by molar-refractivity contribution is -0.950. The van der Waals surface area contributed by atoms with Gasteiger partial charge in [0.25, 0.3) is 0 Å². The van der Waals surface area contributed by atoms with Crippen LogP contribution in [-0.2, 0) is 16.6 Å². The Morgan fingerprint density at radius 2 is 2.22 bits per heavy atom. The van der Waals surface area contributed by atoms with Gasteiger partial charge in [0.15, 0.2) is 23.4 Å². The Balaban J connectivity index is 0.00000216. The molecule has 146 valence electrons. The van der Waals surface area contributed by atoms with E-state index in [9.17, 15) is 15.0 Å². The highest BCUT2D eigenvalue weighted by molar-refractivity contribution is 5.90. The molecule has 27 heavy (non-hydrogen) atoms. The van der Waals surface area contributed by atoms with E-state index < -0.39 is 41.1 Å². The Hall–Kier alpha value is -1.11. The standard InChI is InChI=1S/C21H25NO4.BrH/c1-22(11-12-2-3-12)9-8-20-17-13-4-5-14(23)18(17)26-19(20)15(24)6-7-21(20,25)16(22)10-13;/h4-5,12,16,19,25H,2-3,6-11H2,1H3;1H/t16-,19+,20+,21-,22?;/m1./s1/i1D3,11D2;. The number of quaternary nitrogens is 1. The molecule has 6 heteroatoms. The maximum absolute atomic E-state index is 12.9. The molecule has 2 heterocycles. The van der Waals surface area contributed by atoms with E-state index in [1.807, 2.05) is 0 Å². The number of carbonyl (C=O) groups is 1. The van der Waals surface area contributed by atoms with E-state index in [1.54, 1.807) is 6.07 Å². The van der Waals surface area contributed by atoms with Crippen LogP contribution >= 0.6 is 0 Å². The average molecular weight is 441 g/mol. The molecule has 5 nitrogen and oxygen atoms in total. The van der Waals surface area contributed by atoms with Crippen LogP contribution in [0, 0.1) is 5.92 Å². The van der Waals surface area contributed by atoms with Gasteiger partial charge in [-0.05, 0) is 30.9 Å². The number of carbonyl (C=O) groups excluding carboxylic acids is 1. The number of rotatable bonds is 2. The average Bonchev–Trinajstić information content (AvgIpc) is 3.46. The maximum atomic E-state index is 12.9. The topological polar surface area (TPSA) is 66.8 Å². The van der Waals surface area contributed by atoms with Crippen molar-refractivity contribution in [3.8, 4) is 11.5 Å². The number of halogens is 1. The minimum Gasteiger partial charge on any atom is -1.00 e. The highest BCUT2D eigenvalue weighted by Crippen LogP contribution is 2.65. The number of aliphatic hydroxyl groups is 1. The molecule has 0 radical (unpaired) electrons. The molecular formula is C21H26BrNO4. The zero-order valence-corrected chi connectivity index (χ0v) is 16.5. The normalized spacial score (nSPS) is 47.3. The van der Waals surface area contributed by atoms with Crippen molar-refractivity contribution in [2.45, 2.75) is 61.7 Å². The third-order valence-corrected chi connectivity index (χ3v) is 7.52. The number of hydrogen-bond donors (Lipinski definition) is 2. The quantitative estimate of drug-likeness (QED) is 0.559. The Morgan fingerprint density at radius 1 is 1.41 bits per heavy atom. The van der Waals surface area contributed by atoms with Crippen LogP contribution in [0.2, 0.25) is 0 Å². The Labute approximate surface area is 176 Å². The summed E-state index contributed by atoms with van der Waals surface area (Å²) in [7, 11) is 0. The van der Waals surface area contributed by atoms with Crippen molar-refractivity contribution >= 4 is 5.78 Å². The molecule has 1 spiro atoms. The van der Waals surface area contributed by atoms with Gasteiger partial charge >= 0.3 is 0 Å². The van der Waals surface area contributed by atoms with Crippen LogP contribution in [0.15, 0.2) is 12.1 Å². The van der Waals surface area contributed by atoms with Crippen molar-refractivity contribution in [1.29, 1.82) is 0 Å². The summed E-state index contributed by atoms with van der Waals surface area (Å²) in [4.78, 5) is 12.9. The van der Waals surface area contributed by atoms with Crippen molar-refractivity contribution in [2.75, 3.05) is 20.0 Å². The number of nitrogens with zero attached hydrogens (tertiary/aromatic N) is 1. The van der Waals surface area contributed by atoms with Gasteiger partial charge < -0.3 is 36.4 Å². The molecule has 6 rings (SSSR count). The highest BCUT2D eigenvalue weighted by atomic mass is 79.9. The Morgan fingerprint density at radius 3 is 2.96 bits per heavy atom. The minimum absolute atomic E-state index is 0. The lowest BCUT2D eigenvalue weighted by Crippen LogP contribution is -3.00. The summed E-state index contributed by atoms with van der Waals surface area (Å²) < 4.78 is 48.7. The molecule has 1 aromatic rings. The third kappa shape index (κ3) is 1.94. The van der Waals surface area contributed by atoms with E-state index in [1.165, 1.54) is 6.07 Å². The molecule has 2 N–H and O–H groups in total. The lowest BCUT2D eigenvalue weighted by Gasteiger charge is -2.64. The summed E-state index contributed by atoms with van der Waals surface area (Å²) in [6, 6.07) is 2.25. The molecular weight excluding hydrogens is 410 g/mol. The van der Waals surface area contributed by atoms with E-state index in [4.69, 9.17) is 11.6 Å². The fourth-order valence-electron chi connectivity index (χ4n) is 6.23. The monoisotopic (exact) mass is 440 g/mol. The number of ketones is 1. The van der Waals surface area contributed by atoms with Crippen LogP contribution < -0.4 is 21.7 Å². The number of phenols is 1. The number of likely N-dealkylation sites (N-methyl/N-ethyl adjacent to an activating group) is 1. The number of phenolic OH excluding ortho intramolecular Hbond substituents is 1. The first-order valence-electron chi connectivity index (χ1n) is 12.1. The summed E-state index contributed by atoms with van der Waals surface area (Å²) in [5, 5.41) is 22.8. The van der Waals surface area contributed by atoms with Crippen LogP contribution in [0.1, 0.15) is 50.1 Å². The van der Waals surface area contributed by atoms with Crippen LogP contribution in [0.5, 0.6) is 11.5 Å². The van der Waals surface area contributed by atoms with Gasteiger partial charge in [-0.15, -0.1) is 0 Å². The third-order valence-electron chi connectivity index (χ3n) is 7.52. The molecule has 2 saturated carbocycles. The molecule has 5 atom stereocenters. The number of aromatic hydroxyl groups is 1. The first-order chi connectivity index (χ1) is 14.4. The number of piperidine rings is 1. The van der Waals surface area contributed by atoms with Gasteiger partial charge in [0, 0.05) is 30.7 Å². The first kappa shape index (κ1) is 13.2. The zero-order chi connectivity index (χ0) is 22.2. The van der Waals surface area contributed by atoms with Crippen molar-refractivity contribution in [3.05, 3.63) is 23.3 Å². The second-order valence-corrected chi connectivity index (χ2v) is 8.77. The van der Waals surface area contributed by atoms with Crippen molar-refractivity contribution < 1.29 is 48.1 Å². The van der Waals surface area contributed by atoms with Crippen LogP contribution in [0.25, 0.3) is 0 Å². The predicted octanol–water partition coefficient (Wildman–Crippen LogP) is -1.33. The maximum Gasteiger partial charge on any atom is 0.174 e. The van der Waals surface area contributed by atoms with E-state index >= 15 is 0 Å². The molecule has 2 bridgehead atoms. The largest absolute Gasteiger partial charge is 1.00 e. The summed E-state index contributed by atoms with van der Waals surface area (Å²) in [6.07, 6.45) is 0.677. The van der Waals surface area contributed by atoms with Crippen molar-refractivity contribution in [1.82, 2.24) is 0 Å². The summed E-state index contributed by atoms with van der Waals surface area (Å²) in [5.41, 5.74) is -1.41. The van der Waals surface area contributed by atoms with Gasteiger partial charge in [-0.2, -0.15) is 0 Å². The molecule has 1 unspecified atom stereocenters. The smallest absolute Gasteiger partial charge is 0.174 e. The second kappa shape index (κ2) is 5.28. The van der Waals surface area contributed by atoms with Gasteiger partial charge in [0.1, 0.15) is 11.6 Å². The number of Topliss-reactive ketones (excluding diaryl/α,β-unsaturated/α-hetero) is 1. The van der Waals surface area contributed by atoms with Gasteiger partial charge in [-0.3, -0.25) is 4.79 Å². The van der Waals surface area contributed by atoms with Crippen LogP contribution in [-0.4, -0.2) is 58.2 Å². The number of ether oxygens (including phenoxy) is 1. The molecule has 0 aromatic heterocycles. The molecule has 1 aromatic carbocycles. The summed E-state index contributed by atoms with van der Waals surface area (Å²) in [5.74, 6) is -0.394. The highest BCUT2D eigenvalue weighted by Gasteiger charge is 2.76. The number of likely N-dealkylation sites (tertiary alicyclic amines) is 1. The minimum atomic E-state index is -2.68. The first-order valence-corrected chi connectivity index (χ1v) is 9.57. The van der Waals surface area contributed by atoms with Crippen LogP contribution in [0.3, 0.4) is 0 Å². The Bertz CT molecular complexity index is 1030. The van der Waals surface area contributed by atoms with Gasteiger partial charge in [0.2, 0.25) is 0 Å². The summed E-state index contributed by atoms with van der Waals surface area (Å²) in [6.45, 7) is -4.72. The zero-order valence-electron chi connectivity index (χ0n) is 19.9. The SMILES string of the molecule is [2H]C([2H])([2H])[N+]1(C([2H])([2H])C2CC2)CC[C@]23c4c5ccc(O)c4O[C@H]2C(=O)CC[C@@]3(O)[C@H]1C5.[Br-]. The van der Waals surface area contributed by atoms with Crippen molar-refractivity contribution in [2.24, 2.45) is 5.92 Å². The predicted molar refractivity (Wildman–Crippen MR) is 94.1 cm³/mol. The molecule has 3 fully saturated rings. The molecule has 5 aliphatic rings. The molecule has 3 aliphatic carbocycles. The Kier molecular flexibility index (Phi) is 2.57. The number of benzene rings is 1. The van der Waals surface area contributed by atoms with E-state index in [2.05, 4.69) is 0 Å². The lowest BCUT2D eigenvalue weighted by atomic mass is 9.48. The second-order valence-electron chi connectivity index (χ2n) is 8.77. The van der Waals surface area contributed by atoms with E-state index in [0.29, 0.717) is 18.4 Å². The van der Waals surface area contributed by atoms with Gasteiger partial charge in [0.05, 0.1) is 32.3 Å². The van der Waals surface area contributed by atoms with E-state index in [0.717, 1.165) is 5.56 Å². The summed E-state index contributed by atoms with van der Waals surface area (Å²) >= 11 is 0.